The van der Waals surface area contributed by atoms with Crippen molar-refractivity contribution in [2.45, 2.75) is 25.0 Å². The van der Waals surface area contributed by atoms with E-state index in [2.05, 4.69) is 4.72 Å². The molecular weight excluding hydrogens is 314 g/mol. The van der Waals surface area contributed by atoms with Crippen molar-refractivity contribution in [3.63, 3.8) is 0 Å². The van der Waals surface area contributed by atoms with Crippen molar-refractivity contribution in [2.75, 3.05) is 20.1 Å². The number of nitrogens with one attached hydrogen (secondary N) is 1. The zero-order valence-electron chi connectivity index (χ0n) is 12.4. The Bertz CT molecular complexity index is 692. The molecule has 1 aromatic rings. The average Bonchev–Trinajstić information content (AvgIpc) is 2.50. The fourth-order valence-electron chi connectivity index (χ4n) is 2.52. The molecule has 2 rings (SSSR count). The number of likely N-dealkylation sites (tertiary alicyclic amines) is 1. The van der Waals surface area contributed by atoms with Crippen LogP contribution in [0.1, 0.15) is 28.8 Å². The number of carbonyl (C=O) groups excluding carboxylic acids is 1. The summed E-state index contributed by atoms with van der Waals surface area (Å²) in [5.41, 5.74) is -0.256. The molecule has 0 aliphatic carbocycles. The predicted octanol–water partition coefficient (Wildman–Crippen LogP) is 1.43. The van der Waals surface area contributed by atoms with Crippen LogP contribution in [0.25, 0.3) is 0 Å². The largest absolute Gasteiger partial charge is 0.337 e. The normalized spacial score (nSPS) is 19.3. The van der Waals surface area contributed by atoms with E-state index in [1.54, 1.807) is 0 Å². The molecule has 0 aromatic heterocycles. The van der Waals surface area contributed by atoms with Gasteiger partial charge in [0.15, 0.2) is 0 Å². The highest BCUT2D eigenvalue weighted by Gasteiger charge is 2.33. The van der Waals surface area contributed by atoms with Gasteiger partial charge in [-0.25, -0.2) is 21.9 Å². The molecule has 1 aromatic carbocycles. The zero-order chi connectivity index (χ0) is 16.5. The maximum absolute atomic E-state index is 13.9. The summed E-state index contributed by atoms with van der Waals surface area (Å²) >= 11 is 0. The van der Waals surface area contributed by atoms with Crippen LogP contribution in [0.5, 0.6) is 0 Å². The molecule has 1 N–H and O–H groups in total. The summed E-state index contributed by atoms with van der Waals surface area (Å²) in [5, 5.41) is -0.742. The van der Waals surface area contributed by atoms with E-state index >= 15 is 0 Å². The predicted molar refractivity (Wildman–Crippen MR) is 78.0 cm³/mol. The van der Waals surface area contributed by atoms with Crippen LogP contribution in [0, 0.1) is 18.6 Å². The number of carbonyl (C=O) groups is 1. The van der Waals surface area contributed by atoms with Crippen LogP contribution in [0.2, 0.25) is 0 Å². The van der Waals surface area contributed by atoms with Gasteiger partial charge in [0.1, 0.15) is 11.6 Å². The molecule has 0 bridgehead atoms. The van der Waals surface area contributed by atoms with E-state index in [4.69, 9.17) is 0 Å². The first-order valence-electron chi connectivity index (χ1n) is 6.93. The Balaban J connectivity index is 2.25. The summed E-state index contributed by atoms with van der Waals surface area (Å²) in [6, 6.07) is 1.83. The number of hydrogen-bond donors (Lipinski definition) is 1. The van der Waals surface area contributed by atoms with Crippen molar-refractivity contribution in [1.82, 2.24) is 9.62 Å². The first kappa shape index (κ1) is 16.8. The molecule has 8 heteroatoms. The molecule has 1 heterocycles. The highest BCUT2D eigenvalue weighted by atomic mass is 32.2. The van der Waals surface area contributed by atoms with Crippen LogP contribution in [-0.2, 0) is 10.0 Å². The van der Waals surface area contributed by atoms with Crippen molar-refractivity contribution >= 4 is 15.9 Å². The number of benzene rings is 1. The van der Waals surface area contributed by atoms with Crippen molar-refractivity contribution < 1.29 is 22.0 Å². The van der Waals surface area contributed by atoms with Gasteiger partial charge in [-0.05, 0) is 44.5 Å². The molecule has 122 valence electrons. The summed E-state index contributed by atoms with van der Waals surface area (Å²) < 4.78 is 53.4. The number of amides is 1. The van der Waals surface area contributed by atoms with Crippen molar-refractivity contribution in [2.24, 2.45) is 0 Å². The van der Waals surface area contributed by atoms with Crippen LogP contribution in [0.3, 0.4) is 0 Å². The Labute approximate surface area is 128 Å². The van der Waals surface area contributed by atoms with Crippen LogP contribution >= 0.6 is 0 Å². The van der Waals surface area contributed by atoms with E-state index in [-0.39, 0.29) is 17.7 Å². The molecule has 0 spiro atoms. The fraction of sp³-hybridized carbons (Fsp3) is 0.500. The number of hydrogen-bond acceptors (Lipinski definition) is 3. The maximum atomic E-state index is 13.9. The monoisotopic (exact) mass is 332 g/mol. The third-order valence-corrected chi connectivity index (χ3v) is 5.70. The van der Waals surface area contributed by atoms with Crippen molar-refractivity contribution in [3.05, 3.63) is 34.9 Å². The Morgan fingerprint density at radius 3 is 2.64 bits per heavy atom. The van der Waals surface area contributed by atoms with Gasteiger partial charge in [0, 0.05) is 13.1 Å². The van der Waals surface area contributed by atoms with Crippen molar-refractivity contribution in [1.29, 1.82) is 0 Å². The third kappa shape index (κ3) is 3.27. The lowest BCUT2D eigenvalue weighted by molar-refractivity contribution is 0.0721. The van der Waals surface area contributed by atoms with Gasteiger partial charge in [-0.15, -0.1) is 0 Å². The molecule has 1 saturated heterocycles. The molecule has 1 amide bonds. The number of piperidine rings is 1. The second-order valence-corrected chi connectivity index (χ2v) is 7.51. The molecule has 0 radical (unpaired) electrons. The van der Waals surface area contributed by atoms with E-state index in [0.717, 1.165) is 12.1 Å². The molecule has 1 atom stereocenters. The lowest BCUT2D eigenvalue weighted by Gasteiger charge is -2.32. The molecule has 0 unspecified atom stereocenters. The first-order valence-corrected chi connectivity index (χ1v) is 8.48. The standard InChI is InChI=1S/C14H18F2N2O3S/c1-9-6-13(16)11(7-12(9)15)14(19)18-5-3-4-10(8-18)22(20,21)17-2/h6-7,10,17H,3-5,8H2,1-2H3/t10-/m1/s1. The first-order chi connectivity index (χ1) is 10.3. The minimum Gasteiger partial charge on any atom is -0.337 e. The maximum Gasteiger partial charge on any atom is 0.256 e. The highest BCUT2D eigenvalue weighted by Crippen LogP contribution is 2.21. The number of aryl methyl sites for hydroxylation is 1. The molecule has 22 heavy (non-hydrogen) atoms. The summed E-state index contributed by atoms with van der Waals surface area (Å²) in [7, 11) is -2.20. The lowest BCUT2D eigenvalue weighted by atomic mass is 10.1. The van der Waals surface area contributed by atoms with Crippen LogP contribution < -0.4 is 4.72 Å². The molecule has 5 nitrogen and oxygen atoms in total. The van der Waals surface area contributed by atoms with Crippen LogP contribution in [0.4, 0.5) is 8.78 Å². The Hall–Kier alpha value is -1.54. The van der Waals surface area contributed by atoms with E-state index in [1.165, 1.54) is 18.9 Å². The molecule has 1 aliphatic heterocycles. The molecule has 1 fully saturated rings. The van der Waals surface area contributed by atoms with E-state index in [0.29, 0.717) is 19.4 Å². The van der Waals surface area contributed by atoms with E-state index in [1.807, 2.05) is 0 Å². The van der Waals surface area contributed by atoms with Crippen molar-refractivity contribution in [3.8, 4) is 0 Å². The summed E-state index contributed by atoms with van der Waals surface area (Å²) in [4.78, 5) is 13.6. The SMILES string of the molecule is CNS(=O)(=O)[C@@H]1CCCN(C(=O)c2cc(F)c(C)cc2F)C1. The van der Waals surface area contributed by atoms with Gasteiger partial charge >= 0.3 is 0 Å². The Kier molecular flexibility index (Phi) is 4.81. The quantitative estimate of drug-likeness (QED) is 0.910. The smallest absolute Gasteiger partial charge is 0.256 e. The Morgan fingerprint density at radius 2 is 2.00 bits per heavy atom. The molecule has 0 saturated carbocycles. The second kappa shape index (κ2) is 6.29. The summed E-state index contributed by atoms with van der Waals surface area (Å²) in [6.45, 7) is 1.70. The van der Waals surface area contributed by atoms with Crippen LogP contribution in [-0.4, -0.2) is 44.6 Å². The van der Waals surface area contributed by atoms with Gasteiger partial charge in [0.2, 0.25) is 10.0 Å². The summed E-state index contributed by atoms with van der Waals surface area (Å²) in [6.07, 6.45) is 0.922. The van der Waals surface area contributed by atoms with Gasteiger partial charge in [0.25, 0.3) is 5.91 Å². The highest BCUT2D eigenvalue weighted by molar-refractivity contribution is 7.90. The fourth-order valence-corrected chi connectivity index (χ4v) is 3.71. The topological polar surface area (TPSA) is 66.5 Å². The van der Waals surface area contributed by atoms with Gasteiger partial charge in [-0.1, -0.05) is 0 Å². The molecule has 1 aliphatic rings. The Morgan fingerprint density at radius 1 is 1.32 bits per heavy atom. The van der Waals surface area contributed by atoms with E-state index < -0.39 is 32.8 Å². The number of sulfonamides is 1. The van der Waals surface area contributed by atoms with Crippen LogP contribution in [0.15, 0.2) is 12.1 Å². The third-order valence-electron chi connectivity index (χ3n) is 3.87. The van der Waals surface area contributed by atoms with Gasteiger partial charge < -0.3 is 4.90 Å². The average molecular weight is 332 g/mol. The zero-order valence-corrected chi connectivity index (χ0v) is 13.2. The lowest BCUT2D eigenvalue weighted by Crippen LogP contribution is -2.47. The van der Waals surface area contributed by atoms with Gasteiger partial charge in [0.05, 0.1) is 10.8 Å². The molecular formula is C14H18F2N2O3S. The number of rotatable bonds is 3. The van der Waals surface area contributed by atoms with Gasteiger partial charge in [-0.3, -0.25) is 4.79 Å². The van der Waals surface area contributed by atoms with Gasteiger partial charge in [-0.2, -0.15) is 0 Å². The number of halogens is 2. The minimum atomic E-state index is -3.51. The number of nitrogens with zero attached hydrogens (tertiary/aromatic N) is 1. The minimum absolute atomic E-state index is 0.0308. The second-order valence-electron chi connectivity index (χ2n) is 5.35. The van der Waals surface area contributed by atoms with E-state index in [9.17, 15) is 22.0 Å². The summed E-state index contributed by atoms with van der Waals surface area (Å²) in [5.74, 6) is -2.16.